The monoisotopic (exact) mass is 466 g/mol. The second-order valence-corrected chi connectivity index (χ2v) is 6.57. The van der Waals surface area contributed by atoms with E-state index in [1.807, 2.05) is 0 Å². The van der Waals surface area contributed by atoms with Crippen LogP contribution in [0.4, 0.5) is 0 Å². The minimum atomic E-state index is -1.02. The first-order valence-corrected chi connectivity index (χ1v) is 8.83. The SMILES string of the molecule is COC(=O)C1=C([O-])c2cc(Oc3ccc4c(c3)C([O-])=C(C(=O)OC)C4=O)ccc2C1=O.[Na+].[Na+]. The summed E-state index contributed by atoms with van der Waals surface area (Å²) in [5.41, 5.74) is -1.10. The van der Waals surface area contributed by atoms with Crippen LogP contribution in [0, 0.1) is 0 Å². The van der Waals surface area contributed by atoms with Crippen LogP contribution in [0.2, 0.25) is 0 Å². The largest absolute Gasteiger partial charge is 1.00 e. The summed E-state index contributed by atoms with van der Waals surface area (Å²) in [6, 6.07) is 8.08. The Kier molecular flexibility index (Phi) is 8.34. The van der Waals surface area contributed by atoms with Crippen molar-refractivity contribution in [3.63, 3.8) is 0 Å². The van der Waals surface area contributed by atoms with Gasteiger partial charge in [-0.3, -0.25) is 9.59 Å². The molecule has 0 aromatic heterocycles. The van der Waals surface area contributed by atoms with Gasteiger partial charge in [0.2, 0.25) is 0 Å². The molecule has 156 valence electrons. The van der Waals surface area contributed by atoms with Crippen molar-refractivity contribution in [2.75, 3.05) is 14.2 Å². The van der Waals surface area contributed by atoms with Crippen LogP contribution in [-0.2, 0) is 19.1 Å². The van der Waals surface area contributed by atoms with Crippen molar-refractivity contribution in [2.24, 2.45) is 0 Å². The number of hydrogen-bond acceptors (Lipinski definition) is 9. The summed E-state index contributed by atoms with van der Waals surface area (Å²) >= 11 is 0. The molecule has 2 aliphatic rings. The summed E-state index contributed by atoms with van der Waals surface area (Å²) in [4.78, 5) is 48.0. The van der Waals surface area contributed by atoms with E-state index in [-0.39, 0.29) is 92.9 Å². The van der Waals surface area contributed by atoms with Gasteiger partial charge in [-0.25, -0.2) is 9.59 Å². The van der Waals surface area contributed by atoms with Gasteiger partial charge in [0.05, 0.1) is 14.2 Å². The molecular formula is C22H12Na2O9. The van der Waals surface area contributed by atoms with Gasteiger partial charge in [-0.15, -0.1) is 0 Å². The van der Waals surface area contributed by atoms with Gasteiger partial charge in [0.1, 0.15) is 22.6 Å². The van der Waals surface area contributed by atoms with Crippen molar-refractivity contribution in [2.45, 2.75) is 0 Å². The third-order valence-corrected chi connectivity index (χ3v) is 4.88. The van der Waals surface area contributed by atoms with Gasteiger partial charge in [0, 0.05) is 11.1 Å². The molecule has 0 fully saturated rings. The molecule has 11 heteroatoms. The zero-order valence-corrected chi connectivity index (χ0v) is 22.1. The number of methoxy groups -OCH3 is 2. The Bertz CT molecular complexity index is 1180. The van der Waals surface area contributed by atoms with E-state index in [0.29, 0.717) is 0 Å². The Morgan fingerprint density at radius 1 is 0.667 bits per heavy atom. The molecule has 0 saturated heterocycles. The standard InChI is InChI=1S/C22H14O9.2Na/c1-29-21(27)15-17(23)11-5-3-9(7-13(11)19(15)25)31-10-4-6-12-14(8-10)20(26)16(18(12)24)22(28)30-2;;/h3-8,25-26H,1-2H3;;/q;2*+1/p-2. The predicted molar refractivity (Wildman–Crippen MR) is 99.5 cm³/mol. The molecule has 0 saturated carbocycles. The van der Waals surface area contributed by atoms with Gasteiger partial charge in [0.15, 0.2) is 11.6 Å². The summed E-state index contributed by atoms with van der Waals surface area (Å²) in [7, 11) is 2.13. The van der Waals surface area contributed by atoms with Gasteiger partial charge in [-0.2, -0.15) is 0 Å². The summed E-state index contributed by atoms with van der Waals surface area (Å²) in [6.07, 6.45) is 0. The van der Waals surface area contributed by atoms with Crippen LogP contribution in [0.3, 0.4) is 0 Å². The number of esters is 2. The van der Waals surface area contributed by atoms with E-state index < -0.39 is 46.2 Å². The summed E-state index contributed by atoms with van der Waals surface area (Å²) < 4.78 is 14.6. The summed E-state index contributed by atoms with van der Waals surface area (Å²) in [5, 5.41) is 24.9. The molecule has 33 heavy (non-hydrogen) atoms. The maximum atomic E-state index is 12.4. The normalized spacial score (nSPS) is 13.6. The molecule has 0 radical (unpaired) electrons. The maximum Gasteiger partial charge on any atom is 1.00 e. The van der Waals surface area contributed by atoms with Crippen LogP contribution in [0.25, 0.3) is 11.5 Å². The molecule has 0 amide bonds. The molecule has 0 heterocycles. The number of fused-ring (bicyclic) bond motifs is 2. The van der Waals surface area contributed by atoms with E-state index in [1.54, 1.807) is 0 Å². The second kappa shape index (κ2) is 10.3. The molecule has 0 unspecified atom stereocenters. The Morgan fingerprint density at radius 2 is 1.03 bits per heavy atom. The molecule has 2 aromatic rings. The number of ether oxygens (including phenoxy) is 3. The third-order valence-electron chi connectivity index (χ3n) is 4.88. The molecule has 2 aliphatic carbocycles. The first-order chi connectivity index (χ1) is 14.8. The van der Waals surface area contributed by atoms with Crippen LogP contribution in [-0.4, -0.2) is 37.7 Å². The average molecular weight is 466 g/mol. The summed E-state index contributed by atoms with van der Waals surface area (Å²) in [6.45, 7) is 0. The minimum Gasteiger partial charge on any atom is -0.871 e. The van der Waals surface area contributed by atoms with Gasteiger partial charge in [-0.05, 0) is 47.5 Å². The van der Waals surface area contributed by atoms with E-state index in [4.69, 9.17) is 4.74 Å². The topological polar surface area (TPSA) is 142 Å². The smallest absolute Gasteiger partial charge is 0.871 e. The van der Waals surface area contributed by atoms with Gasteiger partial charge in [-0.1, -0.05) is 11.5 Å². The van der Waals surface area contributed by atoms with Gasteiger partial charge < -0.3 is 24.4 Å². The van der Waals surface area contributed by atoms with Crippen molar-refractivity contribution < 1.29 is 103 Å². The Balaban J connectivity index is 0.00000193. The zero-order chi connectivity index (χ0) is 22.4. The van der Waals surface area contributed by atoms with Crippen LogP contribution in [0.5, 0.6) is 11.5 Å². The molecule has 0 aliphatic heterocycles. The number of Topliss-reactive ketones (excluding diaryl/α,β-unsaturated/α-hetero) is 2. The Labute approximate surface area is 231 Å². The molecule has 2 aromatic carbocycles. The first kappa shape index (κ1) is 26.8. The van der Waals surface area contributed by atoms with Gasteiger partial charge in [0.25, 0.3) is 0 Å². The first-order valence-electron chi connectivity index (χ1n) is 8.83. The zero-order valence-electron chi connectivity index (χ0n) is 18.1. The molecular weight excluding hydrogens is 454 g/mol. The van der Waals surface area contributed by atoms with Crippen LogP contribution in [0.15, 0.2) is 47.5 Å². The van der Waals surface area contributed by atoms with E-state index >= 15 is 0 Å². The molecule has 9 nitrogen and oxygen atoms in total. The molecule has 0 N–H and O–H groups in total. The predicted octanol–water partition coefficient (Wildman–Crippen LogP) is -5.63. The third kappa shape index (κ3) is 4.40. The van der Waals surface area contributed by atoms with Crippen molar-refractivity contribution in [1.29, 1.82) is 0 Å². The van der Waals surface area contributed by atoms with Crippen molar-refractivity contribution in [3.05, 3.63) is 69.8 Å². The van der Waals surface area contributed by atoms with Crippen LogP contribution in [0.1, 0.15) is 31.8 Å². The average Bonchev–Trinajstić information content (AvgIpc) is 3.16. The molecule has 0 bridgehead atoms. The van der Waals surface area contributed by atoms with Gasteiger partial charge >= 0.3 is 71.1 Å². The number of carbonyl (C=O) groups is 4. The molecule has 0 atom stereocenters. The van der Waals surface area contributed by atoms with E-state index in [1.165, 1.54) is 36.4 Å². The van der Waals surface area contributed by atoms with Crippen LogP contribution >= 0.6 is 0 Å². The van der Waals surface area contributed by atoms with Crippen LogP contribution < -0.4 is 74.1 Å². The van der Waals surface area contributed by atoms with E-state index in [0.717, 1.165) is 14.2 Å². The fourth-order valence-corrected chi connectivity index (χ4v) is 3.40. The summed E-state index contributed by atoms with van der Waals surface area (Å²) in [5.74, 6) is -4.74. The number of ketones is 2. The number of carbonyl (C=O) groups excluding carboxylic acids is 4. The maximum absolute atomic E-state index is 12.4. The Morgan fingerprint density at radius 3 is 1.36 bits per heavy atom. The second-order valence-electron chi connectivity index (χ2n) is 6.57. The Hall–Kier alpha value is -2.40. The van der Waals surface area contributed by atoms with Crippen molar-refractivity contribution in [1.82, 2.24) is 0 Å². The number of hydrogen-bond donors (Lipinski definition) is 0. The quantitative estimate of drug-likeness (QED) is 0.245. The van der Waals surface area contributed by atoms with Crippen molar-refractivity contribution >= 4 is 35.0 Å². The van der Waals surface area contributed by atoms with E-state index in [9.17, 15) is 29.4 Å². The molecule has 0 spiro atoms. The molecule has 4 rings (SSSR count). The van der Waals surface area contributed by atoms with Crippen molar-refractivity contribution in [3.8, 4) is 11.5 Å². The number of benzene rings is 2. The fraction of sp³-hybridized carbons (Fsp3) is 0.0909. The fourth-order valence-electron chi connectivity index (χ4n) is 3.40. The van der Waals surface area contributed by atoms with E-state index in [2.05, 4.69) is 9.47 Å². The number of rotatable bonds is 4. The minimum absolute atomic E-state index is 0.